The third-order valence-corrected chi connectivity index (χ3v) is 8.34. The Balaban J connectivity index is 1.43. The van der Waals surface area contributed by atoms with Crippen LogP contribution in [0.2, 0.25) is 0 Å². The molecule has 1 aromatic heterocycles. The SMILES string of the molecule is CC(=O)N1CCC(N2CCC([C@@H](Cc3ccccc3F)N(C)C(=O)c3cccs3)CC2)CC1. The predicted octanol–water partition coefficient (Wildman–Crippen LogP) is 4.29. The van der Waals surface area contributed by atoms with Crippen molar-refractivity contribution < 1.29 is 14.0 Å². The highest BCUT2D eigenvalue weighted by molar-refractivity contribution is 7.12. The van der Waals surface area contributed by atoms with Crippen LogP contribution in [0.4, 0.5) is 4.39 Å². The molecule has 0 bridgehead atoms. The Kier molecular flexibility index (Phi) is 7.81. The first-order valence-corrected chi connectivity index (χ1v) is 12.9. The van der Waals surface area contributed by atoms with Gasteiger partial charge in [0.15, 0.2) is 0 Å². The van der Waals surface area contributed by atoms with Crippen LogP contribution in [-0.4, -0.2) is 71.8 Å². The van der Waals surface area contributed by atoms with Crippen LogP contribution in [0.15, 0.2) is 41.8 Å². The van der Waals surface area contributed by atoms with E-state index in [1.807, 2.05) is 46.5 Å². The normalized spacial score (nSPS) is 19.4. The van der Waals surface area contributed by atoms with E-state index < -0.39 is 0 Å². The zero-order valence-electron chi connectivity index (χ0n) is 19.6. The minimum atomic E-state index is -0.200. The monoisotopic (exact) mass is 471 g/mol. The van der Waals surface area contributed by atoms with Gasteiger partial charge in [-0.05, 0) is 74.2 Å². The highest BCUT2D eigenvalue weighted by Crippen LogP contribution is 2.30. The summed E-state index contributed by atoms with van der Waals surface area (Å²) in [5.41, 5.74) is 0.673. The molecular weight excluding hydrogens is 437 g/mol. The number of piperidine rings is 2. The summed E-state index contributed by atoms with van der Waals surface area (Å²) in [5.74, 6) is 0.313. The highest BCUT2D eigenvalue weighted by atomic mass is 32.1. The zero-order chi connectivity index (χ0) is 23.4. The van der Waals surface area contributed by atoms with Crippen molar-refractivity contribution in [3.05, 3.63) is 58.0 Å². The van der Waals surface area contributed by atoms with Crippen molar-refractivity contribution in [1.29, 1.82) is 0 Å². The molecule has 2 saturated heterocycles. The van der Waals surface area contributed by atoms with E-state index in [4.69, 9.17) is 0 Å². The maximum absolute atomic E-state index is 14.5. The second-order valence-electron chi connectivity index (χ2n) is 9.37. The van der Waals surface area contributed by atoms with Crippen LogP contribution in [0.25, 0.3) is 0 Å². The lowest BCUT2D eigenvalue weighted by molar-refractivity contribution is -0.130. The van der Waals surface area contributed by atoms with Gasteiger partial charge in [-0.3, -0.25) is 9.59 Å². The molecule has 178 valence electrons. The van der Waals surface area contributed by atoms with E-state index in [2.05, 4.69) is 4.90 Å². The molecule has 2 fully saturated rings. The second-order valence-corrected chi connectivity index (χ2v) is 10.3. The number of thiophene rings is 1. The molecule has 1 aromatic carbocycles. The van der Waals surface area contributed by atoms with Crippen LogP contribution < -0.4 is 0 Å². The number of benzene rings is 1. The molecule has 2 aliphatic rings. The first-order chi connectivity index (χ1) is 15.9. The van der Waals surface area contributed by atoms with E-state index in [0.29, 0.717) is 23.9 Å². The summed E-state index contributed by atoms with van der Waals surface area (Å²) in [6, 6.07) is 11.2. The smallest absolute Gasteiger partial charge is 0.263 e. The zero-order valence-corrected chi connectivity index (χ0v) is 20.4. The number of hydrogen-bond donors (Lipinski definition) is 0. The van der Waals surface area contributed by atoms with E-state index >= 15 is 0 Å². The number of hydrogen-bond acceptors (Lipinski definition) is 4. The fourth-order valence-corrected chi connectivity index (χ4v) is 6.15. The van der Waals surface area contributed by atoms with Gasteiger partial charge in [0.25, 0.3) is 5.91 Å². The molecule has 1 atom stereocenters. The van der Waals surface area contributed by atoms with Crippen LogP contribution >= 0.6 is 11.3 Å². The van der Waals surface area contributed by atoms with Gasteiger partial charge in [0.1, 0.15) is 5.82 Å². The Morgan fingerprint density at radius 1 is 1.06 bits per heavy atom. The Morgan fingerprint density at radius 3 is 2.36 bits per heavy atom. The van der Waals surface area contributed by atoms with Gasteiger partial charge in [0.05, 0.1) is 4.88 Å². The number of rotatable bonds is 6. The molecule has 33 heavy (non-hydrogen) atoms. The fraction of sp³-hybridized carbons (Fsp3) is 0.538. The largest absolute Gasteiger partial charge is 0.343 e. The number of amides is 2. The first-order valence-electron chi connectivity index (χ1n) is 12.0. The van der Waals surface area contributed by atoms with Crippen molar-refractivity contribution in [3.8, 4) is 0 Å². The van der Waals surface area contributed by atoms with E-state index in [9.17, 15) is 14.0 Å². The first kappa shape index (κ1) is 23.9. The summed E-state index contributed by atoms with van der Waals surface area (Å²) in [7, 11) is 1.87. The third-order valence-electron chi connectivity index (χ3n) is 7.48. The van der Waals surface area contributed by atoms with E-state index in [-0.39, 0.29) is 23.7 Å². The Hall–Kier alpha value is -2.25. The molecule has 4 rings (SSSR count). The van der Waals surface area contributed by atoms with Crippen LogP contribution in [0.3, 0.4) is 0 Å². The summed E-state index contributed by atoms with van der Waals surface area (Å²) < 4.78 is 14.5. The van der Waals surface area contributed by atoms with Gasteiger partial charge in [-0.15, -0.1) is 11.3 Å². The molecule has 0 aliphatic carbocycles. The van der Waals surface area contributed by atoms with E-state index in [1.54, 1.807) is 13.0 Å². The van der Waals surface area contributed by atoms with Gasteiger partial charge in [-0.2, -0.15) is 0 Å². The van der Waals surface area contributed by atoms with Crippen molar-refractivity contribution in [3.63, 3.8) is 0 Å². The minimum Gasteiger partial charge on any atom is -0.343 e. The average Bonchev–Trinajstić information content (AvgIpc) is 3.38. The number of likely N-dealkylation sites (N-methyl/N-ethyl adjacent to an activating group) is 1. The van der Waals surface area contributed by atoms with Gasteiger partial charge in [-0.25, -0.2) is 4.39 Å². The molecule has 0 saturated carbocycles. The Morgan fingerprint density at radius 2 is 1.76 bits per heavy atom. The van der Waals surface area contributed by atoms with Crippen molar-refractivity contribution >= 4 is 23.2 Å². The van der Waals surface area contributed by atoms with Gasteiger partial charge in [0, 0.05) is 39.1 Å². The lowest BCUT2D eigenvalue weighted by Crippen LogP contribution is -2.51. The van der Waals surface area contributed by atoms with Crippen molar-refractivity contribution in [2.75, 3.05) is 33.2 Å². The van der Waals surface area contributed by atoms with Crippen molar-refractivity contribution in [1.82, 2.24) is 14.7 Å². The van der Waals surface area contributed by atoms with Gasteiger partial charge < -0.3 is 14.7 Å². The molecule has 3 heterocycles. The molecular formula is C26H34FN3O2S. The molecule has 0 N–H and O–H groups in total. The fourth-order valence-electron chi connectivity index (χ4n) is 5.45. The number of likely N-dealkylation sites (tertiary alicyclic amines) is 2. The standard InChI is InChI=1S/C26H34FN3O2S/c1-19(31)29-15-11-22(12-16-29)30-13-9-20(10-14-30)24(18-21-6-3-4-7-23(21)27)28(2)26(32)25-8-5-17-33-25/h3-8,17,20,22,24H,9-16,18H2,1-2H3/t24-/m1/s1. The lowest BCUT2D eigenvalue weighted by Gasteiger charge is -2.44. The summed E-state index contributed by atoms with van der Waals surface area (Å²) >= 11 is 1.45. The molecule has 2 aliphatic heterocycles. The van der Waals surface area contributed by atoms with E-state index in [1.165, 1.54) is 17.4 Å². The number of nitrogens with zero attached hydrogens (tertiary/aromatic N) is 3. The quantitative estimate of drug-likeness (QED) is 0.631. The maximum Gasteiger partial charge on any atom is 0.263 e. The van der Waals surface area contributed by atoms with Crippen molar-refractivity contribution in [2.24, 2.45) is 5.92 Å². The van der Waals surface area contributed by atoms with Crippen LogP contribution in [-0.2, 0) is 11.2 Å². The van der Waals surface area contributed by atoms with Crippen LogP contribution in [0.5, 0.6) is 0 Å². The lowest BCUT2D eigenvalue weighted by atomic mass is 9.84. The summed E-state index contributed by atoms with van der Waals surface area (Å²) in [4.78, 5) is 31.9. The molecule has 2 aromatic rings. The molecule has 0 radical (unpaired) electrons. The minimum absolute atomic E-state index is 0.0189. The predicted molar refractivity (Wildman–Crippen MR) is 130 cm³/mol. The average molecular weight is 472 g/mol. The van der Waals surface area contributed by atoms with Gasteiger partial charge in [0.2, 0.25) is 5.91 Å². The second kappa shape index (κ2) is 10.8. The number of halogens is 1. The number of carbonyl (C=O) groups is 2. The van der Waals surface area contributed by atoms with Gasteiger partial charge in [-0.1, -0.05) is 24.3 Å². The van der Waals surface area contributed by atoms with Crippen LogP contribution in [0, 0.1) is 11.7 Å². The maximum atomic E-state index is 14.5. The third kappa shape index (κ3) is 5.64. The summed E-state index contributed by atoms with van der Waals surface area (Å²) in [5, 5.41) is 1.92. The highest BCUT2D eigenvalue weighted by Gasteiger charge is 2.35. The Bertz CT molecular complexity index is 935. The molecule has 0 spiro atoms. The van der Waals surface area contributed by atoms with Gasteiger partial charge >= 0.3 is 0 Å². The van der Waals surface area contributed by atoms with E-state index in [0.717, 1.165) is 56.7 Å². The topological polar surface area (TPSA) is 43.9 Å². The molecule has 7 heteroatoms. The summed E-state index contributed by atoms with van der Waals surface area (Å²) in [6.07, 6.45) is 4.57. The molecule has 2 amide bonds. The van der Waals surface area contributed by atoms with Crippen molar-refractivity contribution in [2.45, 2.75) is 51.1 Å². The summed E-state index contributed by atoms with van der Waals surface area (Å²) in [6.45, 7) is 5.31. The Labute approximate surface area is 200 Å². The number of carbonyl (C=O) groups excluding carboxylic acids is 2. The van der Waals surface area contributed by atoms with Crippen LogP contribution in [0.1, 0.15) is 47.8 Å². The molecule has 5 nitrogen and oxygen atoms in total. The molecule has 0 unspecified atom stereocenters.